The molecule has 0 saturated carbocycles. The quantitative estimate of drug-likeness (QED) is 0.859. The molecule has 0 unspecified atom stereocenters. The van der Waals surface area contributed by atoms with Crippen molar-refractivity contribution in [3.63, 3.8) is 0 Å². The number of halogens is 2. The molecule has 1 aromatic heterocycles. The maximum Gasteiger partial charge on any atom is 0.116 e. The van der Waals surface area contributed by atoms with Gasteiger partial charge < -0.3 is 4.90 Å². The summed E-state index contributed by atoms with van der Waals surface area (Å²) in [5.74, 6) is 0.643. The van der Waals surface area contributed by atoms with Gasteiger partial charge in [-0.2, -0.15) is 5.10 Å². The molecule has 0 atom stereocenters. The van der Waals surface area contributed by atoms with Gasteiger partial charge in [0.1, 0.15) is 5.69 Å². The van der Waals surface area contributed by atoms with Gasteiger partial charge in [0.25, 0.3) is 0 Å². The highest BCUT2D eigenvalue weighted by atomic mass is 35.5. The Bertz CT molecular complexity index is 642. The topological polar surface area (TPSA) is 31.9 Å². The normalized spacial score (nSPS) is 17.9. The van der Waals surface area contributed by atoms with Crippen molar-refractivity contribution in [2.45, 2.75) is 18.8 Å². The predicted octanol–water partition coefficient (Wildman–Crippen LogP) is 4.08. The third-order valence-electron chi connectivity index (χ3n) is 4.18. The molecule has 19 heavy (non-hydrogen) atoms. The van der Waals surface area contributed by atoms with E-state index in [1.165, 1.54) is 24.2 Å². The van der Waals surface area contributed by atoms with Crippen LogP contribution in [0.25, 0.3) is 11.3 Å². The van der Waals surface area contributed by atoms with Gasteiger partial charge in [-0.3, -0.25) is 5.10 Å². The smallest absolute Gasteiger partial charge is 0.116 e. The number of aromatic nitrogens is 2. The second-order valence-electron chi connectivity index (χ2n) is 5.22. The van der Waals surface area contributed by atoms with Gasteiger partial charge in [-0.25, -0.2) is 0 Å². The van der Waals surface area contributed by atoms with Crippen LogP contribution in [-0.4, -0.2) is 23.3 Å². The van der Waals surface area contributed by atoms with E-state index in [-0.39, 0.29) is 0 Å². The summed E-state index contributed by atoms with van der Waals surface area (Å²) in [5.41, 5.74) is 4.58. The van der Waals surface area contributed by atoms with Crippen molar-refractivity contribution >= 4 is 28.9 Å². The zero-order valence-electron chi connectivity index (χ0n) is 10.3. The van der Waals surface area contributed by atoms with E-state index in [1.54, 1.807) is 0 Å². The van der Waals surface area contributed by atoms with E-state index in [1.807, 2.05) is 18.2 Å². The van der Waals surface area contributed by atoms with Crippen LogP contribution in [0.5, 0.6) is 0 Å². The molecule has 3 nitrogen and oxygen atoms in total. The highest BCUT2D eigenvalue weighted by Gasteiger charge is 2.35. The molecular formula is C14H13Cl2N3. The zero-order valence-corrected chi connectivity index (χ0v) is 11.8. The van der Waals surface area contributed by atoms with Gasteiger partial charge in [-0.05, 0) is 25.0 Å². The Balaban J connectivity index is 1.87. The second-order valence-corrected chi connectivity index (χ2v) is 6.04. The van der Waals surface area contributed by atoms with Gasteiger partial charge in [-0.1, -0.05) is 29.3 Å². The highest BCUT2D eigenvalue weighted by molar-refractivity contribution is 6.42. The van der Waals surface area contributed by atoms with Gasteiger partial charge in [0.15, 0.2) is 0 Å². The van der Waals surface area contributed by atoms with Gasteiger partial charge in [0, 0.05) is 24.6 Å². The van der Waals surface area contributed by atoms with Crippen molar-refractivity contribution in [3.8, 4) is 11.3 Å². The molecule has 5 rings (SSSR count). The number of piperidine rings is 1. The molecule has 1 saturated heterocycles. The van der Waals surface area contributed by atoms with Crippen molar-refractivity contribution in [2.75, 3.05) is 18.0 Å². The summed E-state index contributed by atoms with van der Waals surface area (Å²) in [4.78, 5) is 2.43. The number of hydrogen-bond acceptors (Lipinski definition) is 2. The fourth-order valence-corrected chi connectivity index (χ4v) is 3.49. The summed E-state index contributed by atoms with van der Waals surface area (Å²) in [5, 5.41) is 8.89. The van der Waals surface area contributed by atoms with Crippen molar-refractivity contribution in [1.29, 1.82) is 0 Å². The van der Waals surface area contributed by atoms with Crippen LogP contribution in [0.2, 0.25) is 10.0 Å². The lowest BCUT2D eigenvalue weighted by Crippen LogP contribution is -2.38. The first-order chi connectivity index (χ1) is 9.24. The van der Waals surface area contributed by atoms with Crippen molar-refractivity contribution in [3.05, 3.63) is 33.9 Å². The second kappa shape index (κ2) is 4.15. The standard InChI is InChI=1S/C14H13Cl2N3/c15-10-2-1-9(7-11(10)16)13-14-12(17-18-13)8-3-5-19(14)6-4-8/h1-2,7-8H,3-6H2,(H,17,18). The number of rotatable bonds is 1. The third-order valence-corrected chi connectivity index (χ3v) is 4.92. The average molecular weight is 294 g/mol. The van der Waals surface area contributed by atoms with Crippen LogP contribution in [0.3, 0.4) is 0 Å². The molecule has 1 aromatic carbocycles. The van der Waals surface area contributed by atoms with Gasteiger partial charge in [0.05, 0.1) is 21.4 Å². The Morgan fingerprint density at radius 1 is 1.16 bits per heavy atom. The largest absolute Gasteiger partial charge is 0.368 e. The van der Waals surface area contributed by atoms with E-state index in [0.717, 1.165) is 24.3 Å². The van der Waals surface area contributed by atoms with E-state index in [9.17, 15) is 0 Å². The molecule has 1 N–H and O–H groups in total. The minimum absolute atomic E-state index is 0.576. The van der Waals surface area contributed by atoms with Gasteiger partial charge in [-0.15, -0.1) is 0 Å². The monoisotopic (exact) mass is 293 g/mol. The van der Waals surface area contributed by atoms with E-state index in [2.05, 4.69) is 15.1 Å². The number of H-pyrrole nitrogens is 1. The van der Waals surface area contributed by atoms with Crippen LogP contribution in [0, 0.1) is 0 Å². The van der Waals surface area contributed by atoms with Gasteiger partial charge >= 0.3 is 0 Å². The van der Waals surface area contributed by atoms with Crippen LogP contribution >= 0.6 is 23.2 Å². The molecule has 3 aliphatic heterocycles. The minimum atomic E-state index is 0.576. The Kier molecular flexibility index (Phi) is 2.54. The molecule has 0 radical (unpaired) electrons. The highest BCUT2D eigenvalue weighted by Crippen LogP contribution is 2.46. The summed E-state index contributed by atoms with van der Waals surface area (Å²) >= 11 is 12.1. The molecule has 0 amide bonds. The Morgan fingerprint density at radius 3 is 2.68 bits per heavy atom. The molecule has 3 aliphatic rings. The van der Waals surface area contributed by atoms with Crippen LogP contribution in [0.1, 0.15) is 24.5 Å². The maximum absolute atomic E-state index is 6.11. The van der Waals surface area contributed by atoms with Crippen LogP contribution in [0.15, 0.2) is 18.2 Å². The third kappa shape index (κ3) is 1.68. The Labute approximate surface area is 121 Å². The summed E-state index contributed by atoms with van der Waals surface area (Å²) in [6.45, 7) is 2.26. The lowest BCUT2D eigenvalue weighted by atomic mass is 9.86. The first-order valence-electron chi connectivity index (χ1n) is 6.52. The van der Waals surface area contributed by atoms with Crippen LogP contribution in [0.4, 0.5) is 5.69 Å². The zero-order chi connectivity index (χ0) is 13.0. The molecule has 0 aliphatic carbocycles. The minimum Gasteiger partial charge on any atom is -0.368 e. The molecule has 2 aromatic rings. The van der Waals surface area contributed by atoms with E-state index in [4.69, 9.17) is 23.2 Å². The average Bonchev–Trinajstić information content (AvgIpc) is 2.90. The fourth-order valence-electron chi connectivity index (χ4n) is 3.19. The van der Waals surface area contributed by atoms with Crippen molar-refractivity contribution < 1.29 is 0 Å². The number of hydrogen-bond donors (Lipinski definition) is 1. The number of anilines is 1. The summed E-state index contributed by atoms with van der Waals surface area (Å²) in [6.07, 6.45) is 2.46. The molecule has 5 heteroatoms. The summed E-state index contributed by atoms with van der Waals surface area (Å²) in [6, 6.07) is 5.70. The number of nitrogens with zero attached hydrogens (tertiary/aromatic N) is 2. The Hall–Kier alpha value is -1.19. The molecule has 4 heterocycles. The maximum atomic E-state index is 6.11. The first kappa shape index (κ1) is 11.6. The lowest BCUT2D eigenvalue weighted by Gasteiger charge is -2.40. The first-order valence-corrected chi connectivity index (χ1v) is 7.28. The summed E-state index contributed by atoms with van der Waals surface area (Å²) < 4.78 is 0. The molecule has 2 bridgehead atoms. The fraction of sp³-hybridized carbons (Fsp3) is 0.357. The molecular weight excluding hydrogens is 281 g/mol. The summed E-state index contributed by atoms with van der Waals surface area (Å²) in [7, 11) is 0. The molecule has 98 valence electrons. The van der Waals surface area contributed by atoms with Crippen LogP contribution < -0.4 is 4.90 Å². The van der Waals surface area contributed by atoms with E-state index >= 15 is 0 Å². The van der Waals surface area contributed by atoms with Gasteiger partial charge in [0.2, 0.25) is 0 Å². The number of aromatic amines is 1. The Morgan fingerprint density at radius 2 is 1.95 bits per heavy atom. The SMILES string of the molecule is Clc1ccc(-c2n[nH]c3c2N2CCC3CC2)cc1Cl. The number of fused-ring (bicyclic) bond motifs is 2. The van der Waals surface area contributed by atoms with Crippen molar-refractivity contribution in [1.82, 2.24) is 10.2 Å². The van der Waals surface area contributed by atoms with Crippen LogP contribution in [-0.2, 0) is 0 Å². The van der Waals surface area contributed by atoms with E-state index < -0.39 is 0 Å². The molecule has 1 fully saturated rings. The lowest BCUT2D eigenvalue weighted by molar-refractivity contribution is 0.466. The number of benzene rings is 1. The molecule has 0 spiro atoms. The van der Waals surface area contributed by atoms with Crippen molar-refractivity contribution in [2.24, 2.45) is 0 Å². The predicted molar refractivity (Wildman–Crippen MR) is 78.2 cm³/mol. The number of nitrogens with one attached hydrogen (secondary N) is 1. The van der Waals surface area contributed by atoms with E-state index in [0.29, 0.717) is 16.0 Å².